The Kier molecular flexibility index (Phi) is 7.00. The molecular weight excluding hydrogens is 356 g/mol. The lowest BCUT2D eigenvalue weighted by atomic mass is 10.1. The van der Waals surface area contributed by atoms with Gasteiger partial charge < -0.3 is 20.1 Å². The molecule has 7 heteroatoms. The van der Waals surface area contributed by atoms with Crippen LogP contribution in [-0.4, -0.2) is 32.6 Å². The molecule has 0 aliphatic carbocycles. The molecule has 0 aliphatic heterocycles. The lowest BCUT2D eigenvalue weighted by Crippen LogP contribution is -2.38. The van der Waals surface area contributed by atoms with E-state index in [2.05, 4.69) is 10.6 Å². The van der Waals surface area contributed by atoms with E-state index < -0.39 is 17.9 Å². The second-order valence-corrected chi connectivity index (χ2v) is 5.95. The maximum absolute atomic E-state index is 12.1. The number of carbonyl (C=O) groups excluding carboxylic acids is 2. The second-order valence-electron chi connectivity index (χ2n) is 5.54. The van der Waals surface area contributed by atoms with Gasteiger partial charge in [0.25, 0.3) is 0 Å². The van der Waals surface area contributed by atoms with Crippen LogP contribution in [0.15, 0.2) is 42.5 Å². The molecule has 0 saturated carbocycles. The predicted octanol–water partition coefficient (Wildman–Crippen LogP) is 3.10. The van der Waals surface area contributed by atoms with Crippen molar-refractivity contribution in [2.45, 2.75) is 13.0 Å². The van der Waals surface area contributed by atoms with Crippen LogP contribution >= 0.6 is 11.6 Å². The molecule has 0 aliphatic rings. The van der Waals surface area contributed by atoms with Gasteiger partial charge >= 0.3 is 11.8 Å². The third-order valence-corrected chi connectivity index (χ3v) is 4.35. The van der Waals surface area contributed by atoms with Gasteiger partial charge in [0.15, 0.2) is 0 Å². The Hall–Kier alpha value is -2.57. The van der Waals surface area contributed by atoms with E-state index in [1.54, 1.807) is 38.3 Å². The summed E-state index contributed by atoms with van der Waals surface area (Å²) in [4.78, 5) is 24.2. The Bertz CT molecular complexity index is 795. The van der Waals surface area contributed by atoms with Gasteiger partial charge in [0.05, 0.1) is 7.11 Å². The van der Waals surface area contributed by atoms with Crippen LogP contribution in [0.4, 0.5) is 5.69 Å². The Morgan fingerprint density at radius 3 is 2.50 bits per heavy atom. The summed E-state index contributed by atoms with van der Waals surface area (Å²) in [5, 5.41) is 5.64. The van der Waals surface area contributed by atoms with E-state index in [0.29, 0.717) is 22.0 Å². The average Bonchev–Trinajstić information content (AvgIpc) is 2.66. The fraction of sp³-hybridized carbons (Fsp3) is 0.263. The first kappa shape index (κ1) is 19.8. The lowest BCUT2D eigenvalue weighted by Gasteiger charge is -2.19. The molecule has 0 saturated heterocycles. The van der Waals surface area contributed by atoms with Crippen LogP contribution in [0.5, 0.6) is 5.75 Å². The van der Waals surface area contributed by atoms with Gasteiger partial charge in [-0.05, 0) is 30.7 Å². The number of anilines is 1. The summed E-state index contributed by atoms with van der Waals surface area (Å²) in [5.74, 6) is -0.890. The monoisotopic (exact) mass is 376 g/mol. The van der Waals surface area contributed by atoms with E-state index in [-0.39, 0.29) is 6.54 Å². The minimum absolute atomic E-state index is 0.123. The molecule has 6 nitrogen and oxygen atoms in total. The van der Waals surface area contributed by atoms with Crippen LogP contribution in [0.3, 0.4) is 0 Å². The Morgan fingerprint density at radius 2 is 1.81 bits per heavy atom. The van der Waals surface area contributed by atoms with Crippen molar-refractivity contribution in [2.75, 3.05) is 26.1 Å². The summed E-state index contributed by atoms with van der Waals surface area (Å²) >= 11 is 6.01. The third kappa shape index (κ3) is 4.74. The van der Waals surface area contributed by atoms with Gasteiger partial charge in [0, 0.05) is 29.9 Å². The maximum Gasteiger partial charge on any atom is 0.313 e. The van der Waals surface area contributed by atoms with Crippen LogP contribution < -0.4 is 15.4 Å². The Morgan fingerprint density at radius 1 is 1.08 bits per heavy atom. The minimum atomic E-state index is -0.773. The van der Waals surface area contributed by atoms with Crippen molar-refractivity contribution in [3.63, 3.8) is 0 Å². The molecular formula is C19H21ClN2O4. The van der Waals surface area contributed by atoms with E-state index in [1.165, 1.54) is 7.11 Å². The van der Waals surface area contributed by atoms with Crippen LogP contribution in [0, 0.1) is 6.92 Å². The van der Waals surface area contributed by atoms with E-state index in [0.717, 1.165) is 5.56 Å². The first-order valence-electron chi connectivity index (χ1n) is 7.98. The highest BCUT2D eigenvalue weighted by Crippen LogP contribution is 2.26. The zero-order valence-electron chi connectivity index (χ0n) is 14.8. The van der Waals surface area contributed by atoms with Crippen LogP contribution in [-0.2, 0) is 14.3 Å². The normalized spacial score (nSPS) is 11.5. The third-order valence-electron chi connectivity index (χ3n) is 3.94. The van der Waals surface area contributed by atoms with E-state index in [4.69, 9.17) is 21.1 Å². The Balaban J connectivity index is 2.00. The van der Waals surface area contributed by atoms with Crippen molar-refractivity contribution in [3.8, 4) is 5.75 Å². The highest BCUT2D eigenvalue weighted by Gasteiger charge is 2.20. The molecule has 2 aromatic carbocycles. The first-order valence-corrected chi connectivity index (χ1v) is 8.35. The van der Waals surface area contributed by atoms with Gasteiger partial charge in [-0.15, -0.1) is 0 Å². The van der Waals surface area contributed by atoms with Crippen molar-refractivity contribution in [3.05, 3.63) is 58.6 Å². The molecule has 138 valence electrons. The average molecular weight is 377 g/mol. The molecule has 2 rings (SSSR count). The van der Waals surface area contributed by atoms with Crippen LogP contribution in [0.25, 0.3) is 0 Å². The number of hydrogen-bond acceptors (Lipinski definition) is 4. The first-order chi connectivity index (χ1) is 12.5. The highest BCUT2D eigenvalue weighted by molar-refractivity contribution is 6.40. The van der Waals surface area contributed by atoms with Crippen LogP contribution in [0.2, 0.25) is 5.02 Å². The van der Waals surface area contributed by atoms with Gasteiger partial charge in [0.2, 0.25) is 0 Å². The fourth-order valence-corrected chi connectivity index (χ4v) is 2.61. The van der Waals surface area contributed by atoms with Crippen molar-refractivity contribution in [1.29, 1.82) is 0 Å². The minimum Gasteiger partial charge on any atom is -0.496 e. The van der Waals surface area contributed by atoms with E-state index >= 15 is 0 Å². The number of methoxy groups -OCH3 is 2. The molecule has 2 amide bonds. The number of amides is 2. The fourth-order valence-electron chi connectivity index (χ4n) is 2.44. The summed E-state index contributed by atoms with van der Waals surface area (Å²) in [6.07, 6.45) is -0.448. The summed E-state index contributed by atoms with van der Waals surface area (Å²) < 4.78 is 10.7. The second kappa shape index (κ2) is 9.22. The zero-order chi connectivity index (χ0) is 19.1. The summed E-state index contributed by atoms with van der Waals surface area (Å²) in [6.45, 7) is 1.89. The number of hydrogen-bond donors (Lipinski definition) is 2. The summed E-state index contributed by atoms with van der Waals surface area (Å²) in [7, 11) is 3.09. The SMILES string of the molecule is COc1ccccc1C(CNC(=O)C(=O)Nc1cccc(Cl)c1C)OC. The molecule has 1 atom stereocenters. The molecule has 26 heavy (non-hydrogen) atoms. The summed E-state index contributed by atoms with van der Waals surface area (Å²) in [6, 6.07) is 12.4. The van der Waals surface area contributed by atoms with Gasteiger partial charge in [-0.2, -0.15) is 0 Å². The molecule has 0 aromatic heterocycles. The number of rotatable bonds is 6. The van der Waals surface area contributed by atoms with E-state index in [1.807, 2.05) is 18.2 Å². The molecule has 0 bridgehead atoms. The number of halogens is 1. The van der Waals surface area contributed by atoms with Crippen molar-refractivity contribution in [2.24, 2.45) is 0 Å². The maximum atomic E-state index is 12.1. The number of para-hydroxylation sites is 1. The topological polar surface area (TPSA) is 76.7 Å². The molecule has 0 radical (unpaired) electrons. The van der Waals surface area contributed by atoms with Gasteiger partial charge in [-0.1, -0.05) is 35.9 Å². The largest absolute Gasteiger partial charge is 0.496 e. The van der Waals surface area contributed by atoms with Gasteiger partial charge in [-0.25, -0.2) is 0 Å². The lowest BCUT2D eigenvalue weighted by molar-refractivity contribution is -0.136. The number of carbonyl (C=O) groups is 2. The molecule has 0 heterocycles. The van der Waals surface area contributed by atoms with Crippen molar-refractivity contribution >= 4 is 29.1 Å². The summed E-state index contributed by atoms with van der Waals surface area (Å²) in [5.41, 5.74) is 1.97. The van der Waals surface area contributed by atoms with E-state index in [9.17, 15) is 9.59 Å². The van der Waals surface area contributed by atoms with Gasteiger partial charge in [-0.3, -0.25) is 9.59 Å². The predicted molar refractivity (Wildman–Crippen MR) is 101 cm³/mol. The number of ether oxygens (including phenoxy) is 2. The zero-order valence-corrected chi connectivity index (χ0v) is 15.6. The molecule has 2 aromatic rings. The molecule has 2 N–H and O–H groups in total. The van der Waals surface area contributed by atoms with Gasteiger partial charge in [0.1, 0.15) is 11.9 Å². The smallest absolute Gasteiger partial charge is 0.313 e. The standard InChI is InChI=1S/C19H21ClN2O4/c1-12-14(20)8-6-9-15(12)22-19(24)18(23)21-11-17(26-3)13-7-4-5-10-16(13)25-2/h4-10,17H,11H2,1-3H3,(H,21,23)(H,22,24). The highest BCUT2D eigenvalue weighted by atomic mass is 35.5. The van der Waals surface area contributed by atoms with Crippen LogP contribution in [0.1, 0.15) is 17.2 Å². The Labute approximate surface area is 157 Å². The van der Waals surface area contributed by atoms with Crippen molar-refractivity contribution in [1.82, 2.24) is 5.32 Å². The quantitative estimate of drug-likeness (QED) is 0.759. The number of nitrogens with one attached hydrogen (secondary N) is 2. The van der Waals surface area contributed by atoms with Crippen molar-refractivity contribution < 1.29 is 19.1 Å². The molecule has 0 spiro atoms. The number of benzene rings is 2. The molecule has 0 fully saturated rings. The molecule has 1 unspecified atom stereocenters.